The number of para-hydroxylation sites is 1. The third kappa shape index (κ3) is 5.91. The Labute approximate surface area is 213 Å². The Kier molecular flexibility index (Phi) is 7.10. The molecular formula is C29H26F3N3O2. The van der Waals surface area contributed by atoms with E-state index in [1.54, 1.807) is 11.0 Å². The van der Waals surface area contributed by atoms with Gasteiger partial charge >= 0.3 is 6.18 Å². The Balaban J connectivity index is 1.25. The first-order chi connectivity index (χ1) is 17.9. The third-order valence-electron chi connectivity index (χ3n) is 6.48. The normalized spacial score (nSPS) is 14.6. The molecule has 2 heterocycles. The maximum Gasteiger partial charge on any atom is 0.416 e. The number of carbonyl (C=O) groups excluding carboxylic acids is 1. The van der Waals surface area contributed by atoms with E-state index in [9.17, 15) is 18.0 Å². The summed E-state index contributed by atoms with van der Waals surface area (Å²) >= 11 is 0. The molecule has 1 aliphatic heterocycles. The van der Waals surface area contributed by atoms with Crippen molar-refractivity contribution in [2.75, 3.05) is 26.2 Å². The highest BCUT2D eigenvalue weighted by Gasteiger charge is 2.30. The van der Waals surface area contributed by atoms with Crippen LogP contribution in [0.15, 0.2) is 84.9 Å². The summed E-state index contributed by atoms with van der Waals surface area (Å²) in [5.41, 5.74) is 2.21. The average Bonchev–Trinajstić information content (AvgIpc) is 2.92. The van der Waals surface area contributed by atoms with Crippen molar-refractivity contribution >= 4 is 16.8 Å². The fraction of sp³-hybridized carbons (Fsp3) is 0.241. The summed E-state index contributed by atoms with van der Waals surface area (Å²) < 4.78 is 44.5. The van der Waals surface area contributed by atoms with E-state index in [4.69, 9.17) is 4.74 Å². The minimum Gasteiger partial charge on any atom is -0.488 e. The SMILES string of the molecule is O=C(c1cc(OCc2ccccc2)c2ccccc2n1)N1CCN(Cc2ccc(C(F)(F)F)cc2)CC1. The second kappa shape index (κ2) is 10.6. The molecule has 0 N–H and O–H groups in total. The minimum atomic E-state index is -4.34. The van der Waals surface area contributed by atoms with Crippen LogP contribution in [-0.2, 0) is 19.3 Å². The highest BCUT2D eigenvalue weighted by atomic mass is 19.4. The Morgan fingerprint density at radius 3 is 2.22 bits per heavy atom. The van der Waals surface area contributed by atoms with Crippen LogP contribution >= 0.6 is 0 Å². The van der Waals surface area contributed by atoms with Crippen molar-refractivity contribution in [2.45, 2.75) is 19.3 Å². The fourth-order valence-corrected chi connectivity index (χ4v) is 4.44. The average molecular weight is 506 g/mol. The number of rotatable bonds is 6. The number of halogens is 3. The number of hydrogen-bond donors (Lipinski definition) is 0. The number of fused-ring (bicyclic) bond motifs is 1. The first-order valence-electron chi connectivity index (χ1n) is 12.1. The number of pyridine rings is 1. The summed E-state index contributed by atoms with van der Waals surface area (Å²) in [6.45, 7) is 3.18. The predicted octanol–water partition coefficient (Wildman–Crippen LogP) is 5.79. The maximum atomic E-state index is 13.3. The molecule has 190 valence electrons. The van der Waals surface area contributed by atoms with Crippen molar-refractivity contribution in [3.8, 4) is 5.75 Å². The zero-order chi connectivity index (χ0) is 25.8. The van der Waals surface area contributed by atoms with Crippen LogP contribution in [0, 0.1) is 0 Å². The molecule has 5 nitrogen and oxygen atoms in total. The molecule has 0 atom stereocenters. The van der Waals surface area contributed by atoms with Crippen LogP contribution in [-0.4, -0.2) is 46.9 Å². The van der Waals surface area contributed by atoms with E-state index in [1.807, 2.05) is 54.6 Å². The Morgan fingerprint density at radius 1 is 0.838 bits per heavy atom. The zero-order valence-electron chi connectivity index (χ0n) is 20.1. The molecule has 0 radical (unpaired) electrons. The van der Waals surface area contributed by atoms with Gasteiger partial charge in [0.1, 0.15) is 18.1 Å². The van der Waals surface area contributed by atoms with Gasteiger partial charge in [0.15, 0.2) is 0 Å². The highest BCUT2D eigenvalue weighted by molar-refractivity contribution is 5.97. The summed E-state index contributed by atoms with van der Waals surface area (Å²) in [5.74, 6) is 0.447. The fourth-order valence-electron chi connectivity index (χ4n) is 4.44. The standard InChI is InChI=1S/C29H26F3N3O2/c30-29(31,32)23-12-10-21(11-13-23)19-34-14-16-35(17-15-34)28(36)26-18-27(24-8-4-5-9-25(24)33-26)37-20-22-6-2-1-3-7-22/h1-13,18H,14-17,19-20H2. The van der Waals surface area contributed by atoms with Gasteiger partial charge in [-0.05, 0) is 35.4 Å². The molecule has 37 heavy (non-hydrogen) atoms. The third-order valence-corrected chi connectivity index (χ3v) is 6.48. The molecule has 3 aromatic carbocycles. The molecule has 1 aliphatic rings. The van der Waals surface area contributed by atoms with Gasteiger partial charge in [0.05, 0.1) is 11.1 Å². The molecule has 1 fully saturated rings. The van der Waals surface area contributed by atoms with Gasteiger partial charge in [-0.3, -0.25) is 9.69 Å². The van der Waals surface area contributed by atoms with Gasteiger partial charge in [0.25, 0.3) is 5.91 Å². The zero-order valence-corrected chi connectivity index (χ0v) is 20.1. The second-order valence-corrected chi connectivity index (χ2v) is 9.06. The van der Waals surface area contributed by atoms with Gasteiger partial charge in [0, 0.05) is 44.2 Å². The van der Waals surface area contributed by atoms with E-state index in [2.05, 4.69) is 9.88 Å². The van der Waals surface area contributed by atoms with E-state index in [0.29, 0.717) is 56.3 Å². The van der Waals surface area contributed by atoms with E-state index < -0.39 is 11.7 Å². The summed E-state index contributed by atoms with van der Waals surface area (Å²) in [6.07, 6.45) is -4.34. The number of aromatic nitrogens is 1. The van der Waals surface area contributed by atoms with E-state index in [1.165, 1.54) is 12.1 Å². The molecule has 5 rings (SSSR count). The number of alkyl halides is 3. The van der Waals surface area contributed by atoms with E-state index in [-0.39, 0.29) is 5.91 Å². The van der Waals surface area contributed by atoms with Gasteiger partial charge < -0.3 is 9.64 Å². The van der Waals surface area contributed by atoms with Crippen molar-refractivity contribution < 1.29 is 22.7 Å². The molecule has 1 aromatic heterocycles. The molecular weight excluding hydrogens is 479 g/mol. The van der Waals surface area contributed by atoms with Crippen molar-refractivity contribution in [3.63, 3.8) is 0 Å². The lowest BCUT2D eigenvalue weighted by Gasteiger charge is -2.34. The molecule has 0 unspecified atom stereocenters. The van der Waals surface area contributed by atoms with Crippen molar-refractivity contribution in [1.82, 2.24) is 14.8 Å². The van der Waals surface area contributed by atoms with Gasteiger partial charge in [-0.2, -0.15) is 13.2 Å². The summed E-state index contributed by atoms with van der Waals surface area (Å²) in [7, 11) is 0. The number of piperazine rings is 1. The molecule has 0 aliphatic carbocycles. The molecule has 8 heteroatoms. The lowest BCUT2D eigenvalue weighted by molar-refractivity contribution is -0.137. The number of nitrogens with zero attached hydrogens (tertiary/aromatic N) is 3. The van der Waals surface area contributed by atoms with Gasteiger partial charge in [-0.15, -0.1) is 0 Å². The monoisotopic (exact) mass is 505 g/mol. The number of hydrogen-bond acceptors (Lipinski definition) is 4. The quantitative estimate of drug-likeness (QED) is 0.333. The number of amides is 1. The summed E-state index contributed by atoms with van der Waals surface area (Å²) in [6, 6.07) is 24.4. The molecule has 0 spiro atoms. The topological polar surface area (TPSA) is 45.7 Å². The van der Waals surface area contributed by atoms with Gasteiger partial charge in [-0.25, -0.2) is 4.98 Å². The van der Waals surface area contributed by atoms with Crippen LogP contribution in [0.4, 0.5) is 13.2 Å². The lowest BCUT2D eigenvalue weighted by Crippen LogP contribution is -2.48. The number of benzene rings is 3. The summed E-state index contributed by atoms with van der Waals surface area (Å²) in [5, 5.41) is 0.844. The minimum absolute atomic E-state index is 0.163. The van der Waals surface area contributed by atoms with Gasteiger partial charge in [-0.1, -0.05) is 54.6 Å². The van der Waals surface area contributed by atoms with Crippen molar-refractivity contribution in [1.29, 1.82) is 0 Å². The molecule has 0 saturated carbocycles. The second-order valence-electron chi connectivity index (χ2n) is 9.06. The van der Waals surface area contributed by atoms with Gasteiger partial charge in [0.2, 0.25) is 0 Å². The molecule has 4 aromatic rings. The van der Waals surface area contributed by atoms with E-state index in [0.717, 1.165) is 28.6 Å². The van der Waals surface area contributed by atoms with Crippen LogP contribution in [0.3, 0.4) is 0 Å². The summed E-state index contributed by atoms with van der Waals surface area (Å²) in [4.78, 5) is 21.9. The smallest absolute Gasteiger partial charge is 0.416 e. The predicted molar refractivity (Wildman–Crippen MR) is 135 cm³/mol. The molecule has 1 saturated heterocycles. The van der Waals surface area contributed by atoms with Crippen molar-refractivity contribution in [3.05, 3.63) is 107 Å². The van der Waals surface area contributed by atoms with Crippen LogP contribution in [0.25, 0.3) is 10.9 Å². The van der Waals surface area contributed by atoms with Crippen LogP contribution in [0.2, 0.25) is 0 Å². The Hall–Kier alpha value is -3.91. The highest BCUT2D eigenvalue weighted by Crippen LogP contribution is 2.30. The lowest BCUT2D eigenvalue weighted by atomic mass is 10.1. The Morgan fingerprint density at radius 2 is 1.51 bits per heavy atom. The van der Waals surface area contributed by atoms with Crippen LogP contribution < -0.4 is 4.74 Å². The van der Waals surface area contributed by atoms with E-state index >= 15 is 0 Å². The van der Waals surface area contributed by atoms with Crippen LogP contribution in [0.1, 0.15) is 27.2 Å². The maximum absolute atomic E-state index is 13.3. The van der Waals surface area contributed by atoms with Crippen molar-refractivity contribution in [2.24, 2.45) is 0 Å². The Bertz CT molecular complexity index is 1370. The molecule has 1 amide bonds. The van der Waals surface area contributed by atoms with Crippen LogP contribution in [0.5, 0.6) is 5.75 Å². The first-order valence-corrected chi connectivity index (χ1v) is 12.1. The number of carbonyl (C=O) groups is 1. The first kappa shape index (κ1) is 24.8. The largest absolute Gasteiger partial charge is 0.488 e. The number of ether oxygens (including phenoxy) is 1. The molecule has 0 bridgehead atoms.